The summed E-state index contributed by atoms with van der Waals surface area (Å²) in [6.45, 7) is 2.19. The van der Waals surface area contributed by atoms with Gasteiger partial charge in [0.25, 0.3) is 0 Å². The van der Waals surface area contributed by atoms with Gasteiger partial charge in [0.2, 0.25) is 5.91 Å². The Labute approximate surface area is 150 Å². The van der Waals surface area contributed by atoms with Crippen LogP contribution in [-0.2, 0) is 23.9 Å². The number of hydrogen-bond donors (Lipinski definition) is 1. The van der Waals surface area contributed by atoms with E-state index in [2.05, 4.69) is 11.1 Å². The quantitative estimate of drug-likeness (QED) is 0.872. The number of carbonyl (C=O) groups excluding carboxylic acids is 1. The number of carbonyl (C=O) groups is 1. The van der Waals surface area contributed by atoms with Crippen LogP contribution in [0.25, 0.3) is 0 Å². The number of rotatable bonds is 2. The normalized spacial score (nSPS) is 26.9. The fourth-order valence-electron chi connectivity index (χ4n) is 4.08. The predicted octanol–water partition coefficient (Wildman–Crippen LogP) is 2.64. The molecule has 1 amide bonds. The van der Waals surface area contributed by atoms with Crippen LogP contribution in [0.15, 0.2) is 12.3 Å². The Bertz CT molecular complexity index is 758. The molecule has 2 heterocycles. The van der Waals surface area contributed by atoms with Gasteiger partial charge in [0, 0.05) is 37.4 Å². The number of hydrogen-bond acceptors (Lipinski definition) is 4. The molecular formula is C18H21F3N4O. The molecule has 0 aromatic carbocycles. The standard InChI is InChI=1S/C18H21F3N4O/c1-11(8-22)17(4-2-14(23)7-17)16(26)25-5-3-15-12(10-25)6-13(9-24-15)18(19,20)21/h6,9,11,14H,2-5,7,10,23H2,1H3. The van der Waals surface area contributed by atoms with Gasteiger partial charge in [-0.2, -0.15) is 18.4 Å². The average molecular weight is 366 g/mol. The highest BCUT2D eigenvalue weighted by molar-refractivity contribution is 5.84. The molecule has 1 saturated carbocycles. The Morgan fingerprint density at radius 1 is 1.54 bits per heavy atom. The van der Waals surface area contributed by atoms with Crippen molar-refractivity contribution in [1.82, 2.24) is 9.88 Å². The number of nitriles is 1. The van der Waals surface area contributed by atoms with E-state index in [0.29, 0.717) is 43.5 Å². The van der Waals surface area contributed by atoms with Gasteiger partial charge in [0.15, 0.2) is 0 Å². The van der Waals surface area contributed by atoms with Crippen molar-refractivity contribution in [3.63, 3.8) is 0 Å². The molecule has 1 aromatic heterocycles. The topological polar surface area (TPSA) is 83.0 Å². The number of alkyl halides is 3. The van der Waals surface area contributed by atoms with E-state index >= 15 is 0 Å². The highest BCUT2D eigenvalue weighted by Crippen LogP contribution is 2.46. The van der Waals surface area contributed by atoms with Crippen LogP contribution < -0.4 is 5.73 Å². The van der Waals surface area contributed by atoms with Crippen molar-refractivity contribution in [2.75, 3.05) is 6.54 Å². The van der Waals surface area contributed by atoms with Crippen molar-refractivity contribution in [3.8, 4) is 6.07 Å². The first-order valence-corrected chi connectivity index (χ1v) is 8.67. The lowest BCUT2D eigenvalue weighted by Gasteiger charge is -2.38. The Balaban J connectivity index is 1.87. The van der Waals surface area contributed by atoms with Crippen molar-refractivity contribution in [1.29, 1.82) is 5.26 Å². The number of nitrogens with zero attached hydrogens (tertiary/aromatic N) is 3. The Kier molecular flexibility index (Phi) is 4.69. The molecule has 0 radical (unpaired) electrons. The lowest BCUT2D eigenvalue weighted by Crippen LogP contribution is -2.48. The summed E-state index contributed by atoms with van der Waals surface area (Å²) in [5.41, 5.74) is 5.35. The van der Waals surface area contributed by atoms with E-state index in [9.17, 15) is 23.2 Å². The number of fused-ring (bicyclic) bond motifs is 1. The Morgan fingerprint density at radius 2 is 2.27 bits per heavy atom. The van der Waals surface area contributed by atoms with E-state index in [1.807, 2.05) is 0 Å². The average Bonchev–Trinajstić information content (AvgIpc) is 3.01. The van der Waals surface area contributed by atoms with Crippen LogP contribution in [0.2, 0.25) is 0 Å². The van der Waals surface area contributed by atoms with Crippen LogP contribution in [0, 0.1) is 22.7 Å². The molecule has 1 aliphatic heterocycles. The predicted molar refractivity (Wildman–Crippen MR) is 87.4 cm³/mol. The lowest BCUT2D eigenvalue weighted by atomic mass is 9.73. The maximum Gasteiger partial charge on any atom is 0.417 e. The van der Waals surface area contributed by atoms with Gasteiger partial charge in [0.05, 0.1) is 23.0 Å². The third-order valence-electron chi connectivity index (χ3n) is 5.69. The fourth-order valence-corrected chi connectivity index (χ4v) is 4.08. The first kappa shape index (κ1) is 18.6. The van der Waals surface area contributed by atoms with Gasteiger partial charge in [-0.15, -0.1) is 0 Å². The highest BCUT2D eigenvalue weighted by Gasteiger charge is 2.50. The number of amides is 1. The second kappa shape index (κ2) is 6.54. The summed E-state index contributed by atoms with van der Waals surface area (Å²) < 4.78 is 38.8. The van der Waals surface area contributed by atoms with Crippen molar-refractivity contribution in [2.24, 2.45) is 17.1 Å². The van der Waals surface area contributed by atoms with Crippen molar-refractivity contribution < 1.29 is 18.0 Å². The Hall–Kier alpha value is -2.14. The molecule has 140 valence electrons. The van der Waals surface area contributed by atoms with Crippen LogP contribution in [0.5, 0.6) is 0 Å². The zero-order chi connectivity index (χ0) is 19.1. The molecule has 2 N–H and O–H groups in total. The summed E-state index contributed by atoms with van der Waals surface area (Å²) in [5, 5.41) is 9.38. The molecule has 3 rings (SSSR count). The smallest absolute Gasteiger partial charge is 0.337 e. The van der Waals surface area contributed by atoms with Crippen LogP contribution in [-0.4, -0.2) is 28.4 Å². The molecule has 0 saturated heterocycles. The second-order valence-electron chi connectivity index (χ2n) is 7.31. The molecule has 3 atom stereocenters. The van der Waals surface area contributed by atoms with Gasteiger partial charge < -0.3 is 10.6 Å². The summed E-state index contributed by atoms with van der Waals surface area (Å²) in [6, 6.07) is 3.11. The monoisotopic (exact) mass is 366 g/mol. The van der Waals surface area contributed by atoms with Crippen molar-refractivity contribution >= 4 is 5.91 Å². The molecule has 26 heavy (non-hydrogen) atoms. The van der Waals surface area contributed by atoms with Crippen LogP contribution in [0.4, 0.5) is 13.2 Å². The number of halogens is 3. The van der Waals surface area contributed by atoms with Gasteiger partial charge >= 0.3 is 6.18 Å². The summed E-state index contributed by atoms with van der Waals surface area (Å²) in [7, 11) is 0. The van der Waals surface area contributed by atoms with Gasteiger partial charge in [-0.3, -0.25) is 9.78 Å². The summed E-state index contributed by atoms with van der Waals surface area (Å²) >= 11 is 0. The van der Waals surface area contributed by atoms with E-state index in [0.717, 1.165) is 12.3 Å². The van der Waals surface area contributed by atoms with Gasteiger partial charge in [0.1, 0.15) is 0 Å². The Morgan fingerprint density at radius 3 is 2.85 bits per heavy atom. The first-order valence-electron chi connectivity index (χ1n) is 8.67. The van der Waals surface area contributed by atoms with Crippen LogP contribution in [0.1, 0.15) is 43.0 Å². The minimum absolute atomic E-state index is 0.0836. The maximum absolute atomic E-state index is 13.2. The largest absolute Gasteiger partial charge is 0.417 e. The SMILES string of the molecule is CC(C#N)C1(C(=O)N2CCc3ncc(C(F)(F)F)cc3C2)CCC(N)C1. The minimum Gasteiger partial charge on any atom is -0.337 e. The molecule has 1 aliphatic carbocycles. The number of aromatic nitrogens is 1. The number of nitrogens with two attached hydrogens (primary N) is 1. The van der Waals surface area contributed by atoms with Crippen molar-refractivity contribution in [2.45, 2.75) is 51.4 Å². The molecule has 0 spiro atoms. The minimum atomic E-state index is -4.47. The van der Waals surface area contributed by atoms with E-state index in [-0.39, 0.29) is 18.5 Å². The molecule has 0 bridgehead atoms. The van der Waals surface area contributed by atoms with E-state index in [1.54, 1.807) is 11.8 Å². The van der Waals surface area contributed by atoms with E-state index in [1.165, 1.54) is 0 Å². The lowest BCUT2D eigenvalue weighted by molar-refractivity contribution is -0.145. The summed E-state index contributed by atoms with van der Waals surface area (Å²) in [6.07, 6.45) is -1.59. The van der Waals surface area contributed by atoms with Gasteiger partial charge in [-0.05, 0) is 37.8 Å². The van der Waals surface area contributed by atoms with Crippen molar-refractivity contribution in [3.05, 3.63) is 29.1 Å². The van der Waals surface area contributed by atoms with Crippen LogP contribution >= 0.6 is 0 Å². The van der Waals surface area contributed by atoms with Crippen LogP contribution in [0.3, 0.4) is 0 Å². The summed E-state index contributed by atoms with van der Waals surface area (Å²) in [5.74, 6) is -0.674. The maximum atomic E-state index is 13.2. The second-order valence-corrected chi connectivity index (χ2v) is 7.31. The zero-order valence-electron chi connectivity index (χ0n) is 14.5. The van der Waals surface area contributed by atoms with E-state index in [4.69, 9.17) is 5.73 Å². The fraction of sp³-hybridized carbons (Fsp3) is 0.611. The van der Waals surface area contributed by atoms with E-state index < -0.39 is 23.1 Å². The molecular weight excluding hydrogens is 345 g/mol. The highest BCUT2D eigenvalue weighted by atomic mass is 19.4. The molecule has 3 unspecified atom stereocenters. The third-order valence-corrected chi connectivity index (χ3v) is 5.69. The first-order chi connectivity index (χ1) is 12.2. The summed E-state index contributed by atoms with van der Waals surface area (Å²) in [4.78, 5) is 18.7. The zero-order valence-corrected chi connectivity index (χ0v) is 14.5. The molecule has 8 heteroatoms. The van der Waals surface area contributed by atoms with Gasteiger partial charge in [-0.25, -0.2) is 0 Å². The van der Waals surface area contributed by atoms with Gasteiger partial charge in [-0.1, -0.05) is 0 Å². The molecule has 2 aliphatic rings. The number of pyridine rings is 1. The molecule has 1 fully saturated rings. The molecule has 1 aromatic rings. The third kappa shape index (κ3) is 3.16. The molecule has 5 nitrogen and oxygen atoms in total.